The molecule has 0 bridgehead atoms. The summed E-state index contributed by atoms with van der Waals surface area (Å²) < 4.78 is 26.9. The monoisotopic (exact) mass is 565 g/mol. The summed E-state index contributed by atoms with van der Waals surface area (Å²) in [6.07, 6.45) is -0.531. The van der Waals surface area contributed by atoms with Crippen molar-refractivity contribution in [3.8, 4) is 0 Å². The number of halogens is 2. The predicted molar refractivity (Wildman–Crippen MR) is 147 cm³/mol. The van der Waals surface area contributed by atoms with Crippen LogP contribution in [0.1, 0.15) is 56.5 Å². The van der Waals surface area contributed by atoms with Crippen molar-refractivity contribution in [1.82, 2.24) is 15.1 Å². The molecule has 4 atom stereocenters. The molecule has 216 valence electrons. The summed E-state index contributed by atoms with van der Waals surface area (Å²) in [7, 11) is 1.45. The second-order valence-electron chi connectivity index (χ2n) is 11.9. The van der Waals surface area contributed by atoms with Crippen LogP contribution in [0.4, 0.5) is 14.5 Å². The molecule has 0 unspecified atom stereocenters. The van der Waals surface area contributed by atoms with E-state index in [1.54, 1.807) is 12.1 Å². The maximum absolute atomic E-state index is 14.1. The number of likely N-dealkylation sites (N-methyl/N-ethyl adjacent to an activating group) is 1. The molecule has 1 saturated heterocycles. The second kappa shape index (κ2) is 10.9. The Labute approximate surface area is 237 Å². The molecule has 4 amide bonds. The lowest BCUT2D eigenvalue weighted by Gasteiger charge is -2.36. The lowest BCUT2D eigenvalue weighted by molar-refractivity contribution is -0.146. The zero-order valence-electron chi connectivity index (χ0n) is 23.6. The predicted octanol–water partition coefficient (Wildman–Crippen LogP) is 3.71. The highest BCUT2D eigenvalue weighted by molar-refractivity contribution is 6.07. The maximum Gasteiger partial charge on any atom is 0.302 e. The van der Waals surface area contributed by atoms with Crippen LogP contribution in [0, 0.1) is 23.6 Å². The number of carbonyl (C=O) groups excluding carboxylic acids is 4. The summed E-state index contributed by atoms with van der Waals surface area (Å²) >= 11 is 0. The number of hydrogen-bond acceptors (Lipinski definition) is 4. The average Bonchev–Trinajstić information content (AvgIpc) is 3.44. The van der Waals surface area contributed by atoms with Gasteiger partial charge in [-0.05, 0) is 48.6 Å². The molecular weight excluding hydrogens is 532 g/mol. The lowest BCUT2D eigenvalue weighted by Crippen LogP contribution is -2.56. The zero-order chi connectivity index (χ0) is 30.3. The van der Waals surface area contributed by atoms with Crippen molar-refractivity contribution < 1.29 is 28.0 Å². The van der Waals surface area contributed by atoms with E-state index in [0.717, 1.165) is 23.8 Å². The van der Waals surface area contributed by atoms with E-state index in [1.807, 2.05) is 32.9 Å². The number of para-hydroxylation sites is 1. The highest BCUT2D eigenvalue weighted by Crippen LogP contribution is 2.47. The maximum atomic E-state index is 14.1. The number of carbonyl (C=O) groups is 4. The van der Waals surface area contributed by atoms with Crippen LogP contribution in [-0.4, -0.2) is 65.3 Å². The first-order valence-corrected chi connectivity index (χ1v) is 13.3. The molecule has 2 heterocycles. The van der Waals surface area contributed by atoms with Crippen LogP contribution in [0.2, 0.25) is 0 Å². The zero-order valence-corrected chi connectivity index (χ0v) is 23.6. The van der Waals surface area contributed by atoms with E-state index in [0.29, 0.717) is 5.69 Å². The van der Waals surface area contributed by atoms with Crippen molar-refractivity contribution in [3.05, 3.63) is 76.6 Å². The van der Waals surface area contributed by atoms with Gasteiger partial charge in [0.05, 0.1) is 6.42 Å². The van der Waals surface area contributed by atoms with Gasteiger partial charge < -0.3 is 15.5 Å². The Kier molecular flexibility index (Phi) is 7.89. The van der Waals surface area contributed by atoms with Gasteiger partial charge in [-0.2, -0.15) is 0 Å². The number of hydrogen-bond donors (Lipinski definition) is 2. The molecule has 9 nitrogen and oxygen atoms in total. The third-order valence-corrected chi connectivity index (χ3v) is 7.69. The standard InChI is InChI=1S/C30H33F2N5O4/c1-17(34-25(38)18-11-12-20(31)21(32)13-18)26(39)36(6)23(14-29(2,3)4)27(40)37-16-30(15-24(37)33-5)19-9-7-8-10-22(19)35-28(30)41/h7-13,17,23-24H,14-16H2,1-4,6H3,(H,34,38)(H,35,41)/t17-,23-,24-,30-/m0/s1. The smallest absolute Gasteiger partial charge is 0.302 e. The van der Waals surface area contributed by atoms with Crippen molar-refractivity contribution in [1.29, 1.82) is 0 Å². The third-order valence-electron chi connectivity index (χ3n) is 7.69. The van der Waals surface area contributed by atoms with Crippen molar-refractivity contribution in [2.45, 2.75) is 64.2 Å². The molecule has 0 radical (unpaired) electrons. The number of rotatable bonds is 6. The molecule has 1 spiro atoms. The van der Waals surface area contributed by atoms with E-state index in [4.69, 9.17) is 6.57 Å². The fourth-order valence-corrected chi connectivity index (χ4v) is 5.56. The van der Waals surface area contributed by atoms with E-state index in [2.05, 4.69) is 15.5 Å². The van der Waals surface area contributed by atoms with Gasteiger partial charge in [0.15, 0.2) is 11.6 Å². The van der Waals surface area contributed by atoms with Crippen LogP contribution in [0.3, 0.4) is 0 Å². The number of likely N-dealkylation sites (tertiary alicyclic amines) is 1. The van der Waals surface area contributed by atoms with Crippen molar-refractivity contribution in [2.75, 3.05) is 18.9 Å². The SMILES string of the molecule is [C-]#[N+][C@@H]1C[C@@]2(CN1C(=O)[C@H](CC(C)(C)C)N(C)C(=O)[C@H](C)NC(=O)c1ccc(F)c(F)c1)C(=O)Nc1ccccc12. The topological polar surface area (TPSA) is 103 Å². The van der Waals surface area contributed by atoms with Gasteiger partial charge in [0.1, 0.15) is 17.5 Å². The Morgan fingerprint density at radius 1 is 1.20 bits per heavy atom. The molecule has 0 saturated carbocycles. The van der Waals surface area contributed by atoms with Gasteiger partial charge in [-0.1, -0.05) is 39.0 Å². The van der Waals surface area contributed by atoms with Gasteiger partial charge in [-0.15, -0.1) is 0 Å². The van der Waals surface area contributed by atoms with E-state index >= 15 is 0 Å². The summed E-state index contributed by atoms with van der Waals surface area (Å²) in [6.45, 7) is 15.0. The first-order chi connectivity index (χ1) is 19.2. The van der Waals surface area contributed by atoms with E-state index in [9.17, 15) is 28.0 Å². The number of fused-ring (bicyclic) bond motifs is 2. The Morgan fingerprint density at radius 3 is 2.51 bits per heavy atom. The molecular formula is C30H33F2N5O4. The molecule has 2 aromatic rings. The summed E-state index contributed by atoms with van der Waals surface area (Å²) in [6, 6.07) is 7.77. The molecule has 2 aromatic carbocycles. The van der Waals surface area contributed by atoms with Gasteiger partial charge >= 0.3 is 6.17 Å². The molecule has 4 rings (SSSR count). The number of nitrogens with zero attached hydrogens (tertiary/aromatic N) is 3. The van der Waals surface area contributed by atoms with Gasteiger partial charge in [-0.25, -0.2) is 15.4 Å². The Balaban J connectivity index is 1.58. The van der Waals surface area contributed by atoms with Crippen molar-refractivity contribution in [3.63, 3.8) is 0 Å². The summed E-state index contributed by atoms with van der Waals surface area (Å²) in [4.78, 5) is 59.7. The fourth-order valence-electron chi connectivity index (χ4n) is 5.56. The Morgan fingerprint density at radius 2 is 1.88 bits per heavy atom. The summed E-state index contributed by atoms with van der Waals surface area (Å²) in [5.74, 6) is -4.40. The van der Waals surface area contributed by atoms with Crippen LogP contribution in [0.25, 0.3) is 4.85 Å². The van der Waals surface area contributed by atoms with Crippen LogP contribution in [-0.2, 0) is 19.8 Å². The van der Waals surface area contributed by atoms with Gasteiger partial charge in [0.25, 0.3) is 11.8 Å². The third kappa shape index (κ3) is 5.64. The molecule has 11 heteroatoms. The van der Waals surface area contributed by atoms with E-state index < -0.39 is 58.4 Å². The molecule has 0 aliphatic carbocycles. The minimum atomic E-state index is -1.19. The van der Waals surface area contributed by atoms with Crippen LogP contribution >= 0.6 is 0 Å². The molecule has 41 heavy (non-hydrogen) atoms. The van der Waals surface area contributed by atoms with Crippen molar-refractivity contribution >= 4 is 29.3 Å². The van der Waals surface area contributed by atoms with E-state index in [-0.39, 0.29) is 30.9 Å². The van der Waals surface area contributed by atoms with Crippen molar-refractivity contribution in [2.24, 2.45) is 5.41 Å². The molecule has 0 aromatic heterocycles. The summed E-state index contributed by atoms with van der Waals surface area (Å²) in [5.41, 5.74) is -0.248. The van der Waals surface area contributed by atoms with Crippen LogP contribution in [0.5, 0.6) is 0 Å². The van der Waals surface area contributed by atoms with Gasteiger partial charge in [0.2, 0.25) is 11.8 Å². The summed E-state index contributed by atoms with van der Waals surface area (Å²) in [5, 5.41) is 5.35. The highest BCUT2D eigenvalue weighted by atomic mass is 19.2. The van der Waals surface area contributed by atoms with E-state index in [1.165, 1.54) is 23.8 Å². The van der Waals surface area contributed by atoms with Crippen LogP contribution < -0.4 is 10.6 Å². The van der Waals surface area contributed by atoms with Crippen LogP contribution in [0.15, 0.2) is 42.5 Å². The Bertz CT molecular complexity index is 1450. The minimum absolute atomic E-state index is 0.00712. The molecule has 1 fully saturated rings. The average molecular weight is 566 g/mol. The fraction of sp³-hybridized carbons (Fsp3) is 0.433. The molecule has 2 N–H and O–H groups in total. The highest BCUT2D eigenvalue weighted by Gasteiger charge is 2.59. The number of amides is 4. The normalized spacial score (nSPS) is 21.1. The van der Waals surface area contributed by atoms with Gasteiger partial charge in [0, 0.05) is 24.8 Å². The second-order valence-corrected chi connectivity index (χ2v) is 11.9. The molecule has 2 aliphatic heterocycles. The number of benzene rings is 2. The first kappa shape index (κ1) is 29.6. The van der Waals surface area contributed by atoms with Gasteiger partial charge in [-0.3, -0.25) is 28.9 Å². The number of nitrogens with one attached hydrogen (secondary N) is 2. The Hall–Kier alpha value is -4.33. The minimum Gasteiger partial charge on any atom is -0.341 e. The largest absolute Gasteiger partial charge is 0.341 e. The quantitative estimate of drug-likeness (QED) is 0.522. The lowest BCUT2D eigenvalue weighted by atomic mass is 9.80. The molecule has 2 aliphatic rings. The first-order valence-electron chi connectivity index (χ1n) is 13.3. The number of anilines is 1.